The Hall–Kier alpha value is -2.32. The summed E-state index contributed by atoms with van der Waals surface area (Å²) < 4.78 is 4.87. The Labute approximate surface area is 164 Å². The van der Waals surface area contributed by atoms with Crippen LogP contribution in [0.25, 0.3) is 20.9 Å². The van der Waals surface area contributed by atoms with Crippen molar-refractivity contribution in [1.82, 2.24) is 0 Å². The number of rotatable bonds is 12. The number of ketones is 1. The fraction of sp³-hybridized carbons (Fsp3) is 0.500. The second kappa shape index (κ2) is 12.1. The van der Waals surface area contributed by atoms with Gasteiger partial charge in [0.25, 0.3) is 0 Å². The lowest BCUT2D eigenvalue weighted by Crippen LogP contribution is -2.16. The Morgan fingerprint density at radius 1 is 1.11 bits per heavy atom. The molecule has 0 saturated heterocycles. The van der Waals surface area contributed by atoms with Gasteiger partial charge in [0.2, 0.25) is 0 Å². The number of ether oxygens (including phenoxy) is 1. The van der Waals surface area contributed by atoms with E-state index in [1.54, 1.807) is 21.6 Å². The van der Waals surface area contributed by atoms with Gasteiger partial charge in [-0.1, -0.05) is 43.9 Å². The Bertz CT molecular complexity index is 741. The number of carbonyl (C=O) groups is 2. The van der Waals surface area contributed by atoms with Gasteiger partial charge < -0.3 is 4.74 Å². The van der Waals surface area contributed by atoms with E-state index in [-0.39, 0.29) is 30.2 Å². The minimum Gasteiger partial charge on any atom is -0.461 e. The maximum Gasteiger partial charge on any atom is 0.312 e. The van der Waals surface area contributed by atoms with Gasteiger partial charge in [0.05, 0.1) is 6.54 Å². The summed E-state index contributed by atoms with van der Waals surface area (Å²) in [6.07, 6.45) is 1.06. The molecule has 0 unspecified atom stereocenters. The maximum absolute atomic E-state index is 11.6. The fourth-order valence-electron chi connectivity index (χ4n) is 1.77. The number of benzene rings is 1. The summed E-state index contributed by atoms with van der Waals surface area (Å²) >= 11 is 0. The van der Waals surface area contributed by atoms with Gasteiger partial charge in [-0.05, 0) is 49.0 Å². The predicted molar refractivity (Wildman–Crippen MR) is 106 cm³/mol. The number of hydrogen-bond donors (Lipinski definition) is 0. The monoisotopic (exact) mass is 408 g/mol. The summed E-state index contributed by atoms with van der Waals surface area (Å²) in [5.41, 5.74) is 17.2. The summed E-state index contributed by atoms with van der Waals surface area (Å²) in [6.45, 7) is 3.82. The molecule has 27 heavy (non-hydrogen) atoms. The zero-order valence-electron chi connectivity index (χ0n) is 15.1. The zero-order chi connectivity index (χ0) is 20.1. The van der Waals surface area contributed by atoms with E-state index in [2.05, 4.69) is 33.9 Å². The van der Waals surface area contributed by atoms with Crippen LogP contribution in [0.2, 0.25) is 0 Å². The summed E-state index contributed by atoms with van der Waals surface area (Å²) in [5.74, 6) is -0.635. The van der Waals surface area contributed by atoms with Crippen LogP contribution in [0, 0.1) is 0 Å². The van der Waals surface area contributed by atoms with Crippen LogP contribution in [0.15, 0.2) is 39.4 Å². The van der Waals surface area contributed by atoms with Crippen molar-refractivity contribution in [2.24, 2.45) is 10.2 Å². The van der Waals surface area contributed by atoms with Gasteiger partial charge in [-0.2, -0.15) is 0 Å². The molecule has 1 aromatic rings. The molecule has 11 heteroatoms. The van der Waals surface area contributed by atoms with Gasteiger partial charge in [0.15, 0.2) is 0 Å². The molecule has 9 nitrogen and oxygen atoms in total. The molecule has 1 aromatic carbocycles. The molecular weight excluding hydrogens is 388 g/mol. The van der Waals surface area contributed by atoms with Crippen LogP contribution in [-0.4, -0.2) is 29.6 Å². The lowest BCUT2D eigenvalue weighted by atomic mass is 10.1. The number of Topliss-reactive ketones (excluding diaryl/α,β-unsaturated/α-hetero) is 1. The van der Waals surface area contributed by atoms with Crippen LogP contribution in [0.1, 0.15) is 32.3 Å². The van der Waals surface area contributed by atoms with Crippen LogP contribution in [0.3, 0.4) is 0 Å². The van der Waals surface area contributed by atoms with Gasteiger partial charge in [0, 0.05) is 25.9 Å². The highest BCUT2D eigenvalue weighted by molar-refractivity contribution is 8.77. The van der Waals surface area contributed by atoms with Crippen molar-refractivity contribution in [3.63, 3.8) is 0 Å². The Morgan fingerprint density at radius 2 is 1.74 bits per heavy atom. The molecule has 0 atom stereocenters. The molecule has 1 rings (SSSR count). The quantitative estimate of drug-likeness (QED) is 0.153. The lowest BCUT2D eigenvalue weighted by molar-refractivity contribution is -0.143. The number of azide groups is 2. The Balaban J connectivity index is 2.41. The molecule has 0 heterocycles. The maximum atomic E-state index is 11.6. The van der Waals surface area contributed by atoms with E-state index in [0.29, 0.717) is 12.8 Å². The van der Waals surface area contributed by atoms with Crippen LogP contribution in [0.5, 0.6) is 0 Å². The van der Waals surface area contributed by atoms with Crippen LogP contribution >= 0.6 is 21.6 Å². The van der Waals surface area contributed by atoms with E-state index in [9.17, 15) is 9.59 Å². The number of esters is 1. The minimum atomic E-state index is -0.571. The fourth-order valence-corrected chi connectivity index (χ4v) is 4.08. The van der Waals surface area contributed by atoms with E-state index in [4.69, 9.17) is 15.8 Å². The van der Waals surface area contributed by atoms with Crippen molar-refractivity contribution < 1.29 is 14.3 Å². The van der Waals surface area contributed by atoms with E-state index >= 15 is 0 Å². The molecule has 0 amide bonds. The van der Waals surface area contributed by atoms with Gasteiger partial charge >= 0.3 is 5.97 Å². The number of carbonyl (C=O) groups excluding carboxylic acids is 2. The van der Waals surface area contributed by atoms with Crippen molar-refractivity contribution in [3.8, 4) is 0 Å². The smallest absolute Gasteiger partial charge is 0.312 e. The SMILES string of the molecule is CC(C)(CCC(=O)CN=[N+]=[N-])SSc1ccc(COC(=O)CN=[N+]=[N-])cc1. The highest BCUT2D eigenvalue weighted by Crippen LogP contribution is 2.43. The average molecular weight is 409 g/mol. The second-order valence-corrected chi connectivity index (χ2v) is 8.96. The summed E-state index contributed by atoms with van der Waals surface area (Å²) in [5, 5.41) is 6.43. The van der Waals surface area contributed by atoms with Crippen molar-refractivity contribution in [2.45, 2.75) is 42.9 Å². The first-order valence-electron chi connectivity index (χ1n) is 8.00. The highest BCUT2D eigenvalue weighted by Gasteiger charge is 2.20. The Morgan fingerprint density at radius 3 is 2.37 bits per heavy atom. The standard InChI is InChI=1S/C16H20N6O3S2/c1-16(2,8-7-13(23)9-19-21-17)27-26-14-5-3-12(4-6-14)11-25-15(24)10-20-22-18/h3-6H,7-11H2,1-2H3. The van der Waals surface area contributed by atoms with Crippen molar-refractivity contribution in [3.05, 3.63) is 50.7 Å². The average Bonchev–Trinajstić information content (AvgIpc) is 2.66. The zero-order valence-corrected chi connectivity index (χ0v) is 16.7. The highest BCUT2D eigenvalue weighted by atomic mass is 33.1. The van der Waals surface area contributed by atoms with E-state index < -0.39 is 5.97 Å². The predicted octanol–water partition coefficient (Wildman–Crippen LogP) is 5.22. The number of nitrogens with zero attached hydrogens (tertiary/aromatic N) is 6. The molecule has 0 saturated carbocycles. The number of hydrogen-bond acceptors (Lipinski definition) is 7. The molecule has 0 N–H and O–H groups in total. The third-order valence-corrected chi connectivity index (χ3v) is 6.65. The molecule has 0 spiro atoms. The molecule has 0 aromatic heterocycles. The minimum absolute atomic E-state index is 0.0640. The molecule has 144 valence electrons. The first kappa shape index (κ1) is 22.7. The molecule has 0 aliphatic rings. The topological polar surface area (TPSA) is 141 Å². The van der Waals surface area contributed by atoms with Gasteiger partial charge in [-0.25, -0.2) is 0 Å². The molecule has 0 radical (unpaired) electrons. The van der Waals surface area contributed by atoms with Crippen LogP contribution in [-0.2, 0) is 20.9 Å². The van der Waals surface area contributed by atoms with Gasteiger partial charge in [0.1, 0.15) is 18.9 Å². The van der Waals surface area contributed by atoms with E-state index in [1.165, 1.54) is 0 Å². The van der Waals surface area contributed by atoms with Crippen LogP contribution < -0.4 is 0 Å². The summed E-state index contributed by atoms with van der Waals surface area (Å²) in [6, 6.07) is 7.58. The third-order valence-electron chi connectivity index (χ3n) is 3.27. The second-order valence-electron chi connectivity index (χ2n) is 6.05. The van der Waals surface area contributed by atoms with E-state index in [0.717, 1.165) is 10.5 Å². The molecular formula is C16H20N6O3S2. The van der Waals surface area contributed by atoms with Crippen molar-refractivity contribution in [2.75, 3.05) is 13.1 Å². The molecule has 0 fully saturated rings. The van der Waals surface area contributed by atoms with E-state index in [1.807, 2.05) is 24.3 Å². The molecule has 0 aliphatic carbocycles. The molecule has 0 bridgehead atoms. The van der Waals surface area contributed by atoms with Crippen LogP contribution in [0.4, 0.5) is 0 Å². The lowest BCUT2D eigenvalue weighted by Gasteiger charge is -2.22. The first-order valence-corrected chi connectivity index (χ1v) is 10.1. The largest absolute Gasteiger partial charge is 0.461 e. The summed E-state index contributed by atoms with van der Waals surface area (Å²) in [7, 11) is 3.26. The van der Waals surface area contributed by atoms with Gasteiger partial charge in [-0.15, -0.1) is 0 Å². The van der Waals surface area contributed by atoms with Crippen molar-refractivity contribution in [1.29, 1.82) is 0 Å². The normalized spacial score (nSPS) is 10.4. The van der Waals surface area contributed by atoms with Crippen molar-refractivity contribution >= 4 is 33.3 Å². The molecule has 0 aliphatic heterocycles. The third kappa shape index (κ3) is 10.4. The Kier molecular flexibility index (Phi) is 10.2. The van der Waals surface area contributed by atoms with Gasteiger partial charge in [-0.3, -0.25) is 9.59 Å². The summed E-state index contributed by atoms with van der Waals surface area (Å²) in [4.78, 5) is 29.0. The first-order chi connectivity index (χ1) is 12.9.